The molecule has 0 N–H and O–H groups in total. The number of fused-ring (bicyclic) bond motifs is 2. The van der Waals surface area contributed by atoms with Gasteiger partial charge in [-0.3, -0.25) is 9.59 Å². The minimum atomic E-state index is -0.0842. The van der Waals surface area contributed by atoms with Gasteiger partial charge in [-0.1, -0.05) is 0 Å². The number of piperidine rings is 1. The Hall–Kier alpha value is -3.74. The Balaban J connectivity index is 1.54. The summed E-state index contributed by atoms with van der Waals surface area (Å²) in [5, 5.41) is 0. The maximum atomic E-state index is 13.4. The molecule has 0 saturated carbocycles. The van der Waals surface area contributed by atoms with E-state index in [1.807, 2.05) is 50.3 Å². The van der Waals surface area contributed by atoms with Crippen LogP contribution in [0, 0.1) is 13.8 Å². The van der Waals surface area contributed by atoms with Crippen LogP contribution in [0.4, 0.5) is 0 Å². The van der Waals surface area contributed by atoms with Crippen molar-refractivity contribution in [1.29, 1.82) is 0 Å². The maximum Gasteiger partial charge on any atom is 0.231 e. The normalized spacial score (nSPS) is 19.2. The zero-order chi connectivity index (χ0) is 22.4. The molecule has 0 spiro atoms. The average molecular weight is 433 g/mol. The van der Waals surface area contributed by atoms with Crippen LogP contribution < -0.4 is 18.9 Å². The Bertz CT molecular complexity index is 1120. The Morgan fingerprint density at radius 1 is 0.781 bits per heavy atom. The van der Waals surface area contributed by atoms with E-state index >= 15 is 0 Å². The first kappa shape index (κ1) is 20.2. The van der Waals surface area contributed by atoms with Gasteiger partial charge in [-0.2, -0.15) is 0 Å². The third-order valence-corrected chi connectivity index (χ3v) is 5.93. The molecule has 1 fully saturated rings. The summed E-state index contributed by atoms with van der Waals surface area (Å²) < 4.78 is 21.8. The molecule has 7 nitrogen and oxygen atoms in total. The maximum absolute atomic E-state index is 13.4. The minimum absolute atomic E-state index is 0.0726. The van der Waals surface area contributed by atoms with Gasteiger partial charge in [0.1, 0.15) is 0 Å². The second kappa shape index (κ2) is 7.75. The zero-order valence-corrected chi connectivity index (χ0v) is 18.2. The monoisotopic (exact) mass is 433 g/mol. The number of rotatable bonds is 2. The van der Waals surface area contributed by atoms with Crippen molar-refractivity contribution in [3.8, 4) is 23.0 Å². The highest BCUT2D eigenvalue weighted by molar-refractivity contribution is 6.15. The molecule has 164 valence electrons. The molecule has 2 aromatic rings. The van der Waals surface area contributed by atoms with Crippen molar-refractivity contribution in [1.82, 2.24) is 4.90 Å². The number of carbonyl (C=O) groups is 2. The topological polar surface area (TPSA) is 74.3 Å². The molecule has 2 aromatic carbocycles. The summed E-state index contributed by atoms with van der Waals surface area (Å²) in [6, 6.07) is 7.54. The molecule has 3 aliphatic rings. The van der Waals surface area contributed by atoms with Gasteiger partial charge in [-0.15, -0.1) is 0 Å². The highest BCUT2D eigenvalue weighted by Gasteiger charge is 2.28. The number of likely N-dealkylation sites (tertiary alicyclic amines) is 1. The van der Waals surface area contributed by atoms with Gasteiger partial charge in [0, 0.05) is 31.2 Å². The summed E-state index contributed by atoms with van der Waals surface area (Å²) in [4.78, 5) is 27.3. The molecule has 7 heteroatoms. The molecule has 0 unspecified atom stereocenters. The lowest BCUT2D eigenvalue weighted by Crippen LogP contribution is -2.40. The summed E-state index contributed by atoms with van der Waals surface area (Å²) >= 11 is 0. The van der Waals surface area contributed by atoms with Crippen LogP contribution in [0.2, 0.25) is 0 Å². The largest absolute Gasteiger partial charge is 0.454 e. The van der Waals surface area contributed by atoms with Crippen molar-refractivity contribution in [3.05, 3.63) is 57.7 Å². The van der Waals surface area contributed by atoms with E-state index in [2.05, 4.69) is 0 Å². The molecule has 1 amide bonds. The van der Waals surface area contributed by atoms with Crippen LogP contribution >= 0.6 is 0 Å². The van der Waals surface area contributed by atoms with E-state index in [0.29, 0.717) is 34.1 Å². The highest BCUT2D eigenvalue weighted by atomic mass is 16.7. The third-order valence-electron chi connectivity index (χ3n) is 5.93. The minimum Gasteiger partial charge on any atom is -0.454 e. The second-order valence-corrected chi connectivity index (χ2v) is 8.17. The number of Topliss-reactive ketones (excluding diaryl/α,β-unsaturated/α-hetero) is 1. The van der Waals surface area contributed by atoms with Crippen LogP contribution in [0.5, 0.6) is 23.0 Å². The summed E-state index contributed by atoms with van der Waals surface area (Å²) in [5.41, 5.74) is 4.76. The van der Waals surface area contributed by atoms with Crippen LogP contribution in [-0.4, -0.2) is 43.3 Å². The van der Waals surface area contributed by atoms with Crippen molar-refractivity contribution >= 4 is 23.8 Å². The van der Waals surface area contributed by atoms with Gasteiger partial charge in [0.15, 0.2) is 28.8 Å². The zero-order valence-electron chi connectivity index (χ0n) is 18.2. The van der Waals surface area contributed by atoms with E-state index in [1.165, 1.54) is 6.92 Å². The molecule has 0 atom stereocenters. The third kappa shape index (κ3) is 3.60. The fraction of sp³-hybridized carbons (Fsp3) is 0.280. The van der Waals surface area contributed by atoms with Gasteiger partial charge in [0.05, 0.1) is 0 Å². The number of hydrogen-bond donors (Lipinski definition) is 0. The molecule has 0 aromatic heterocycles. The predicted molar refractivity (Wildman–Crippen MR) is 118 cm³/mol. The number of nitrogens with zero attached hydrogens (tertiary/aromatic N) is 1. The number of ether oxygens (including phenoxy) is 4. The van der Waals surface area contributed by atoms with Gasteiger partial charge in [0.25, 0.3) is 0 Å². The molecule has 1 saturated heterocycles. The SMILES string of the molecule is CC(=O)N1C/C(=C\c2cc3c(cc2C)OCO3)C(=O)/C(=C/c2cc3c(cc2C)OCO3)C1. The van der Waals surface area contributed by atoms with E-state index in [4.69, 9.17) is 18.9 Å². The number of aryl methyl sites for hydroxylation is 2. The van der Waals surface area contributed by atoms with Gasteiger partial charge in [-0.25, -0.2) is 0 Å². The van der Waals surface area contributed by atoms with Gasteiger partial charge in [-0.05, 0) is 72.5 Å². The Labute approximate surface area is 185 Å². The van der Waals surface area contributed by atoms with E-state index in [1.54, 1.807) is 4.90 Å². The fourth-order valence-electron chi connectivity index (χ4n) is 4.07. The average Bonchev–Trinajstić information content (AvgIpc) is 3.39. The summed E-state index contributed by atoms with van der Waals surface area (Å²) in [5.74, 6) is 2.55. The standard InChI is InChI=1S/C25H23NO6/c1-14-4-21-23(31-12-29-21)8-17(14)6-19-10-26(16(3)27)11-20(25(19)28)7-18-9-24-22(5-15(18)2)30-13-32-24/h4-9H,10-13H2,1-3H3/b19-6+,20-7+. The number of benzene rings is 2. The molecule has 3 aliphatic heterocycles. The Kier molecular flexibility index (Phi) is 4.89. The molecule has 3 heterocycles. The quantitative estimate of drug-likeness (QED) is 0.673. The molecule has 0 aliphatic carbocycles. The number of ketones is 1. The number of amides is 1. The van der Waals surface area contributed by atoms with Gasteiger partial charge >= 0.3 is 0 Å². The second-order valence-electron chi connectivity index (χ2n) is 8.17. The van der Waals surface area contributed by atoms with Crippen LogP contribution in [0.1, 0.15) is 29.2 Å². The molecule has 0 bridgehead atoms. The van der Waals surface area contributed by atoms with Crippen molar-refractivity contribution in [2.24, 2.45) is 0 Å². The summed E-state index contributed by atoms with van der Waals surface area (Å²) in [7, 11) is 0. The first-order chi connectivity index (χ1) is 15.4. The summed E-state index contributed by atoms with van der Waals surface area (Å²) in [6.45, 7) is 6.33. The van der Waals surface area contributed by atoms with Crippen molar-refractivity contribution in [2.45, 2.75) is 20.8 Å². The first-order valence-corrected chi connectivity index (χ1v) is 10.4. The summed E-state index contributed by atoms with van der Waals surface area (Å²) in [6.07, 6.45) is 3.68. The predicted octanol–water partition coefficient (Wildman–Crippen LogP) is 3.66. The molecule has 32 heavy (non-hydrogen) atoms. The fourth-order valence-corrected chi connectivity index (χ4v) is 4.07. The van der Waals surface area contributed by atoms with Crippen LogP contribution in [0.25, 0.3) is 12.2 Å². The Morgan fingerprint density at radius 3 is 1.59 bits per heavy atom. The molecular weight excluding hydrogens is 410 g/mol. The molecular formula is C25H23NO6. The van der Waals surface area contributed by atoms with Crippen molar-refractivity contribution in [2.75, 3.05) is 26.7 Å². The van der Waals surface area contributed by atoms with Crippen LogP contribution in [0.15, 0.2) is 35.4 Å². The van der Waals surface area contributed by atoms with E-state index in [0.717, 1.165) is 22.3 Å². The Morgan fingerprint density at radius 2 is 1.19 bits per heavy atom. The van der Waals surface area contributed by atoms with Crippen molar-refractivity contribution < 1.29 is 28.5 Å². The van der Waals surface area contributed by atoms with Crippen molar-refractivity contribution in [3.63, 3.8) is 0 Å². The molecule has 5 rings (SSSR count). The van der Waals surface area contributed by atoms with E-state index in [-0.39, 0.29) is 38.4 Å². The molecule has 0 radical (unpaired) electrons. The lowest BCUT2D eigenvalue weighted by Gasteiger charge is -2.29. The highest BCUT2D eigenvalue weighted by Crippen LogP contribution is 2.37. The number of carbonyl (C=O) groups excluding carboxylic acids is 2. The lowest BCUT2D eigenvalue weighted by atomic mass is 9.92. The smallest absolute Gasteiger partial charge is 0.231 e. The van der Waals surface area contributed by atoms with Crippen LogP contribution in [-0.2, 0) is 9.59 Å². The number of hydrogen-bond acceptors (Lipinski definition) is 6. The first-order valence-electron chi connectivity index (χ1n) is 10.4. The lowest BCUT2D eigenvalue weighted by molar-refractivity contribution is -0.129. The van der Waals surface area contributed by atoms with Crippen LogP contribution in [0.3, 0.4) is 0 Å². The van der Waals surface area contributed by atoms with E-state index in [9.17, 15) is 9.59 Å². The van der Waals surface area contributed by atoms with E-state index < -0.39 is 0 Å². The van der Waals surface area contributed by atoms with Gasteiger partial charge in [0.2, 0.25) is 19.5 Å². The van der Waals surface area contributed by atoms with Gasteiger partial charge < -0.3 is 23.8 Å².